The maximum Gasteiger partial charge on any atom is 0.233 e. The standard InChI is InChI=1S/C19H21ClN2O3/c1-21(12-13-6-8-14(20)9-7-13)17(23)10-11-22-18(24)15-4-2-3-5-16(15)19(22)25/h2-3,6-9,15-16H,4-5,10-12H2,1H3. The number of imide groups is 1. The molecule has 1 heterocycles. The van der Waals surface area contributed by atoms with Gasteiger partial charge in [0.15, 0.2) is 0 Å². The van der Waals surface area contributed by atoms with Crippen molar-refractivity contribution in [2.45, 2.75) is 25.8 Å². The summed E-state index contributed by atoms with van der Waals surface area (Å²) in [6.45, 7) is 0.627. The maximum atomic E-state index is 12.4. The smallest absolute Gasteiger partial charge is 0.233 e. The molecule has 0 spiro atoms. The molecule has 1 aromatic rings. The molecule has 6 heteroatoms. The molecule has 3 amide bonds. The van der Waals surface area contributed by atoms with Gasteiger partial charge in [0.1, 0.15) is 0 Å². The summed E-state index contributed by atoms with van der Waals surface area (Å²) >= 11 is 5.86. The number of carbonyl (C=O) groups is 3. The van der Waals surface area contributed by atoms with E-state index in [2.05, 4.69) is 0 Å². The molecule has 2 atom stereocenters. The number of hydrogen-bond acceptors (Lipinski definition) is 3. The minimum atomic E-state index is -0.237. The zero-order valence-electron chi connectivity index (χ0n) is 14.2. The van der Waals surface area contributed by atoms with E-state index in [1.807, 2.05) is 24.3 Å². The van der Waals surface area contributed by atoms with Crippen LogP contribution in [0.5, 0.6) is 0 Å². The first-order valence-electron chi connectivity index (χ1n) is 8.46. The van der Waals surface area contributed by atoms with E-state index in [1.54, 1.807) is 24.1 Å². The van der Waals surface area contributed by atoms with E-state index >= 15 is 0 Å². The van der Waals surface area contributed by atoms with Gasteiger partial charge in [0, 0.05) is 31.6 Å². The fourth-order valence-corrected chi connectivity index (χ4v) is 3.57. The van der Waals surface area contributed by atoms with Crippen molar-refractivity contribution in [3.8, 4) is 0 Å². The molecule has 2 unspecified atom stereocenters. The van der Waals surface area contributed by atoms with Crippen LogP contribution >= 0.6 is 11.6 Å². The van der Waals surface area contributed by atoms with E-state index in [0.717, 1.165) is 5.56 Å². The Morgan fingerprint density at radius 1 is 1.12 bits per heavy atom. The summed E-state index contributed by atoms with van der Waals surface area (Å²) in [5.41, 5.74) is 0.977. The summed E-state index contributed by atoms with van der Waals surface area (Å²) in [5.74, 6) is -0.831. The second-order valence-electron chi connectivity index (χ2n) is 6.61. The third-order valence-electron chi connectivity index (χ3n) is 4.91. The number of likely N-dealkylation sites (tertiary alicyclic amines) is 1. The first-order valence-corrected chi connectivity index (χ1v) is 8.84. The predicted molar refractivity (Wildman–Crippen MR) is 94.6 cm³/mol. The van der Waals surface area contributed by atoms with Crippen molar-refractivity contribution in [2.24, 2.45) is 11.8 Å². The van der Waals surface area contributed by atoms with Crippen LogP contribution in [0.2, 0.25) is 5.02 Å². The SMILES string of the molecule is CN(Cc1ccc(Cl)cc1)C(=O)CCN1C(=O)C2CC=CCC2C1=O. The minimum absolute atomic E-state index is 0.0939. The van der Waals surface area contributed by atoms with Gasteiger partial charge >= 0.3 is 0 Å². The van der Waals surface area contributed by atoms with Crippen molar-refractivity contribution in [1.29, 1.82) is 0 Å². The van der Waals surface area contributed by atoms with Gasteiger partial charge in [-0.25, -0.2) is 0 Å². The van der Waals surface area contributed by atoms with Crippen LogP contribution in [0.15, 0.2) is 36.4 Å². The zero-order valence-corrected chi connectivity index (χ0v) is 14.9. The van der Waals surface area contributed by atoms with Crippen LogP contribution in [0.3, 0.4) is 0 Å². The molecule has 3 rings (SSSR count). The van der Waals surface area contributed by atoms with E-state index in [-0.39, 0.29) is 42.5 Å². The Labute approximate surface area is 152 Å². The van der Waals surface area contributed by atoms with Gasteiger partial charge < -0.3 is 4.90 Å². The molecule has 1 aliphatic carbocycles. The van der Waals surface area contributed by atoms with Gasteiger partial charge in [-0.05, 0) is 30.5 Å². The Morgan fingerprint density at radius 3 is 2.24 bits per heavy atom. The summed E-state index contributed by atoms with van der Waals surface area (Å²) in [4.78, 5) is 40.0. The summed E-state index contributed by atoms with van der Waals surface area (Å²) in [7, 11) is 1.72. The van der Waals surface area contributed by atoms with Crippen LogP contribution in [0.1, 0.15) is 24.8 Å². The lowest BCUT2D eigenvalue weighted by molar-refractivity contribution is -0.140. The molecule has 1 aromatic carbocycles. The van der Waals surface area contributed by atoms with Crippen molar-refractivity contribution in [1.82, 2.24) is 9.80 Å². The largest absolute Gasteiger partial charge is 0.341 e. The van der Waals surface area contributed by atoms with Gasteiger partial charge in [-0.2, -0.15) is 0 Å². The van der Waals surface area contributed by atoms with Crippen molar-refractivity contribution in [2.75, 3.05) is 13.6 Å². The molecule has 0 saturated carbocycles. The van der Waals surface area contributed by atoms with E-state index < -0.39 is 0 Å². The number of amides is 3. The molecule has 25 heavy (non-hydrogen) atoms. The highest BCUT2D eigenvalue weighted by atomic mass is 35.5. The zero-order chi connectivity index (χ0) is 18.0. The average molecular weight is 361 g/mol. The van der Waals surface area contributed by atoms with Crippen LogP contribution in [-0.4, -0.2) is 41.1 Å². The Morgan fingerprint density at radius 2 is 1.68 bits per heavy atom. The number of hydrogen-bond donors (Lipinski definition) is 0. The molecule has 1 fully saturated rings. The lowest BCUT2D eigenvalue weighted by Crippen LogP contribution is -2.36. The molecule has 132 valence electrons. The van der Waals surface area contributed by atoms with Gasteiger partial charge in [0.05, 0.1) is 11.8 Å². The number of benzene rings is 1. The Hall–Kier alpha value is -2.14. The van der Waals surface area contributed by atoms with Gasteiger partial charge in [-0.3, -0.25) is 19.3 Å². The van der Waals surface area contributed by atoms with Gasteiger partial charge in [0.2, 0.25) is 17.7 Å². The summed E-state index contributed by atoms with van der Waals surface area (Å²) in [5, 5.41) is 0.653. The number of halogens is 1. The van der Waals surface area contributed by atoms with Crippen molar-refractivity contribution >= 4 is 29.3 Å². The summed E-state index contributed by atoms with van der Waals surface area (Å²) < 4.78 is 0. The van der Waals surface area contributed by atoms with Gasteiger partial charge in [0.25, 0.3) is 0 Å². The lowest BCUT2D eigenvalue weighted by Gasteiger charge is -2.20. The van der Waals surface area contributed by atoms with Crippen LogP contribution < -0.4 is 0 Å². The molecular formula is C19H21ClN2O3. The molecule has 2 aliphatic rings. The van der Waals surface area contributed by atoms with E-state index in [1.165, 1.54) is 4.90 Å². The molecule has 1 saturated heterocycles. The van der Waals surface area contributed by atoms with Crippen molar-refractivity contribution < 1.29 is 14.4 Å². The first-order chi connectivity index (χ1) is 12.0. The molecule has 0 bridgehead atoms. The topological polar surface area (TPSA) is 57.7 Å². The highest BCUT2D eigenvalue weighted by molar-refractivity contribution is 6.30. The van der Waals surface area contributed by atoms with E-state index in [4.69, 9.17) is 11.6 Å². The van der Waals surface area contributed by atoms with Crippen LogP contribution in [0, 0.1) is 11.8 Å². The van der Waals surface area contributed by atoms with Gasteiger partial charge in [-0.15, -0.1) is 0 Å². The number of allylic oxidation sites excluding steroid dienone is 2. The molecule has 1 aliphatic heterocycles. The summed E-state index contributed by atoms with van der Waals surface area (Å²) in [6.07, 6.45) is 5.31. The second kappa shape index (κ2) is 7.40. The Balaban J connectivity index is 1.54. The summed E-state index contributed by atoms with van der Waals surface area (Å²) in [6, 6.07) is 7.31. The Kier molecular flexibility index (Phi) is 5.23. The predicted octanol–water partition coefficient (Wildman–Crippen LogP) is 2.64. The minimum Gasteiger partial charge on any atom is -0.341 e. The number of fused-ring (bicyclic) bond motifs is 1. The fraction of sp³-hybridized carbons (Fsp3) is 0.421. The van der Waals surface area contributed by atoms with Crippen LogP contribution in [0.4, 0.5) is 0 Å². The van der Waals surface area contributed by atoms with Crippen LogP contribution in [0.25, 0.3) is 0 Å². The molecule has 5 nitrogen and oxygen atoms in total. The third-order valence-corrected chi connectivity index (χ3v) is 5.16. The number of rotatable bonds is 5. The fourth-order valence-electron chi connectivity index (χ4n) is 3.44. The lowest BCUT2D eigenvalue weighted by atomic mass is 9.85. The number of carbonyl (C=O) groups excluding carboxylic acids is 3. The van der Waals surface area contributed by atoms with Gasteiger partial charge in [-0.1, -0.05) is 35.9 Å². The van der Waals surface area contributed by atoms with E-state index in [0.29, 0.717) is 24.4 Å². The third kappa shape index (κ3) is 3.76. The first kappa shape index (κ1) is 17.7. The van der Waals surface area contributed by atoms with E-state index in [9.17, 15) is 14.4 Å². The van der Waals surface area contributed by atoms with Crippen LogP contribution in [-0.2, 0) is 20.9 Å². The highest BCUT2D eigenvalue weighted by Crippen LogP contribution is 2.35. The molecular weight excluding hydrogens is 340 g/mol. The second-order valence-corrected chi connectivity index (χ2v) is 7.05. The Bertz CT molecular complexity index is 688. The highest BCUT2D eigenvalue weighted by Gasteiger charge is 2.46. The molecule has 0 radical (unpaired) electrons. The van der Waals surface area contributed by atoms with Crippen molar-refractivity contribution in [3.63, 3.8) is 0 Å². The quantitative estimate of drug-likeness (QED) is 0.599. The molecule has 0 aromatic heterocycles. The normalized spacial score (nSPS) is 22.2. The van der Waals surface area contributed by atoms with Crippen molar-refractivity contribution in [3.05, 3.63) is 47.0 Å². The maximum absolute atomic E-state index is 12.4. The average Bonchev–Trinajstić information content (AvgIpc) is 2.86. The monoisotopic (exact) mass is 360 g/mol. The number of nitrogens with zero attached hydrogens (tertiary/aromatic N) is 2. The molecule has 0 N–H and O–H groups in total.